The fourth-order valence-corrected chi connectivity index (χ4v) is 2.89. The van der Waals surface area contributed by atoms with Gasteiger partial charge in [0.25, 0.3) is 0 Å². The molecule has 0 aromatic carbocycles. The van der Waals surface area contributed by atoms with E-state index in [1.807, 2.05) is 6.07 Å². The van der Waals surface area contributed by atoms with Crippen molar-refractivity contribution in [1.82, 2.24) is 4.98 Å². The Morgan fingerprint density at radius 2 is 2.35 bits per heavy atom. The minimum absolute atomic E-state index is 0.445. The molecule has 0 N–H and O–H groups in total. The summed E-state index contributed by atoms with van der Waals surface area (Å²) in [5.41, 5.74) is 0.970. The fourth-order valence-electron chi connectivity index (χ4n) is 2.43. The van der Waals surface area contributed by atoms with Crippen molar-refractivity contribution in [3.63, 3.8) is 0 Å². The summed E-state index contributed by atoms with van der Waals surface area (Å²) in [7, 11) is 0. The van der Waals surface area contributed by atoms with Crippen molar-refractivity contribution in [2.24, 2.45) is 5.92 Å². The lowest BCUT2D eigenvalue weighted by atomic mass is 10.0. The van der Waals surface area contributed by atoms with Crippen LogP contribution in [0, 0.1) is 5.92 Å². The van der Waals surface area contributed by atoms with Crippen LogP contribution in [-0.2, 0) is 5.88 Å². The van der Waals surface area contributed by atoms with Crippen molar-refractivity contribution in [2.45, 2.75) is 32.1 Å². The van der Waals surface area contributed by atoms with Crippen molar-refractivity contribution in [3.8, 4) is 0 Å². The Kier molecular flexibility index (Phi) is 4.52. The zero-order valence-corrected chi connectivity index (χ0v) is 11.6. The molecule has 1 fully saturated rings. The largest absolute Gasteiger partial charge is 0.356 e. The number of anilines is 1. The average molecular weight is 273 g/mol. The molecule has 2 nitrogen and oxygen atoms in total. The van der Waals surface area contributed by atoms with E-state index in [4.69, 9.17) is 23.2 Å². The van der Waals surface area contributed by atoms with Crippen molar-refractivity contribution in [1.29, 1.82) is 0 Å². The lowest BCUT2D eigenvalue weighted by Gasteiger charge is -2.18. The monoisotopic (exact) mass is 272 g/mol. The fraction of sp³-hybridized carbons (Fsp3) is 0.615. The lowest BCUT2D eigenvalue weighted by Crippen LogP contribution is -2.20. The maximum atomic E-state index is 6.02. The number of halogens is 2. The normalized spacial score (nSPS) is 19.9. The molecule has 1 aromatic rings. The maximum absolute atomic E-state index is 6.02. The maximum Gasteiger partial charge on any atom is 0.128 e. The zero-order valence-electron chi connectivity index (χ0n) is 10.1. The molecular weight excluding hydrogens is 255 g/mol. The predicted octanol–water partition coefficient (Wildman–Crippen LogP) is 4.10. The third-order valence-corrected chi connectivity index (χ3v) is 4.00. The number of nitrogens with zero attached hydrogens (tertiary/aromatic N) is 2. The minimum Gasteiger partial charge on any atom is -0.356 e. The zero-order chi connectivity index (χ0) is 12.3. The van der Waals surface area contributed by atoms with Crippen LogP contribution in [0.15, 0.2) is 12.3 Å². The molecule has 1 unspecified atom stereocenters. The molecule has 4 heteroatoms. The summed E-state index contributed by atoms with van der Waals surface area (Å²) in [4.78, 5) is 6.74. The average Bonchev–Trinajstić information content (AvgIpc) is 2.79. The van der Waals surface area contributed by atoms with Crippen LogP contribution in [0.3, 0.4) is 0 Å². The highest BCUT2D eigenvalue weighted by Gasteiger charge is 2.22. The van der Waals surface area contributed by atoms with E-state index in [1.54, 1.807) is 6.20 Å². The Labute approximate surface area is 113 Å². The summed E-state index contributed by atoms with van der Waals surface area (Å²) in [6.45, 7) is 4.46. The number of hydrogen-bond acceptors (Lipinski definition) is 2. The number of rotatable bonds is 4. The second-order valence-corrected chi connectivity index (χ2v) is 5.33. The van der Waals surface area contributed by atoms with E-state index in [0.717, 1.165) is 30.4 Å². The first kappa shape index (κ1) is 13.0. The van der Waals surface area contributed by atoms with Gasteiger partial charge in [-0.05, 0) is 30.4 Å². The molecule has 0 aliphatic carbocycles. The molecule has 0 spiro atoms. The second kappa shape index (κ2) is 5.92. The third kappa shape index (κ3) is 3.05. The van der Waals surface area contributed by atoms with Gasteiger partial charge in [0.2, 0.25) is 0 Å². The van der Waals surface area contributed by atoms with E-state index in [2.05, 4.69) is 16.8 Å². The van der Waals surface area contributed by atoms with Gasteiger partial charge in [0, 0.05) is 25.2 Å². The molecular formula is C13H18Cl2N2. The quantitative estimate of drug-likeness (QED) is 0.768. The van der Waals surface area contributed by atoms with Gasteiger partial charge in [-0.1, -0.05) is 24.9 Å². The summed E-state index contributed by atoms with van der Waals surface area (Å²) in [5.74, 6) is 2.28. The first-order chi connectivity index (χ1) is 8.24. The predicted molar refractivity (Wildman–Crippen MR) is 74.0 cm³/mol. The van der Waals surface area contributed by atoms with Crippen LogP contribution in [0.25, 0.3) is 0 Å². The van der Waals surface area contributed by atoms with Crippen molar-refractivity contribution in [3.05, 3.63) is 22.8 Å². The van der Waals surface area contributed by atoms with E-state index in [1.165, 1.54) is 19.3 Å². The van der Waals surface area contributed by atoms with Crippen molar-refractivity contribution in [2.75, 3.05) is 18.0 Å². The molecule has 2 heterocycles. The number of pyridine rings is 1. The molecule has 0 amide bonds. The van der Waals surface area contributed by atoms with Crippen LogP contribution < -0.4 is 4.90 Å². The number of aromatic nitrogens is 1. The Bertz CT molecular complexity index is 382. The standard InChI is InChI=1S/C13H18Cl2N2/c1-2-3-10-4-5-17(9-10)13-6-11(7-14)12(15)8-16-13/h6,8,10H,2-5,7,9H2,1H3. The van der Waals surface area contributed by atoms with E-state index >= 15 is 0 Å². The van der Waals surface area contributed by atoms with E-state index in [0.29, 0.717) is 10.9 Å². The molecule has 0 radical (unpaired) electrons. The smallest absolute Gasteiger partial charge is 0.128 e. The summed E-state index contributed by atoms with van der Waals surface area (Å²) >= 11 is 11.9. The van der Waals surface area contributed by atoms with Gasteiger partial charge in [0.05, 0.1) is 5.02 Å². The van der Waals surface area contributed by atoms with Crippen molar-refractivity contribution < 1.29 is 0 Å². The van der Waals surface area contributed by atoms with Gasteiger partial charge in [-0.15, -0.1) is 11.6 Å². The van der Waals surface area contributed by atoms with E-state index < -0.39 is 0 Å². The minimum atomic E-state index is 0.445. The van der Waals surface area contributed by atoms with Crippen LogP contribution >= 0.6 is 23.2 Å². The van der Waals surface area contributed by atoms with Crippen LogP contribution in [0.1, 0.15) is 31.7 Å². The van der Waals surface area contributed by atoms with Gasteiger partial charge in [-0.25, -0.2) is 4.98 Å². The Morgan fingerprint density at radius 3 is 3.06 bits per heavy atom. The van der Waals surface area contributed by atoms with Gasteiger partial charge >= 0.3 is 0 Å². The SMILES string of the molecule is CCCC1CCN(c2cc(CCl)c(Cl)cn2)C1. The number of hydrogen-bond donors (Lipinski definition) is 0. The molecule has 1 aliphatic heterocycles. The van der Waals surface area contributed by atoms with Crippen LogP contribution in [0.5, 0.6) is 0 Å². The van der Waals surface area contributed by atoms with Crippen LogP contribution in [0.4, 0.5) is 5.82 Å². The summed E-state index contributed by atoms with van der Waals surface area (Å²) in [5, 5.41) is 0.660. The highest BCUT2D eigenvalue weighted by Crippen LogP contribution is 2.28. The van der Waals surface area contributed by atoms with Gasteiger partial charge in [0.15, 0.2) is 0 Å². The van der Waals surface area contributed by atoms with Gasteiger partial charge in [-0.2, -0.15) is 0 Å². The highest BCUT2D eigenvalue weighted by atomic mass is 35.5. The molecule has 0 bridgehead atoms. The molecule has 1 saturated heterocycles. The molecule has 0 saturated carbocycles. The third-order valence-electron chi connectivity index (χ3n) is 3.37. The first-order valence-corrected chi connectivity index (χ1v) is 7.11. The van der Waals surface area contributed by atoms with Gasteiger partial charge in [-0.3, -0.25) is 0 Å². The van der Waals surface area contributed by atoms with Crippen LogP contribution in [0.2, 0.25) is 5.02 Å². The summed E-state index contributed by atoms with van der Waals surface area (Å²) in [6, 6.07) is 2.02. The van der Waals surface area contributed by atoms with E-state index in [9.17, 15) is 0 Å². The molecule has 1 aromatic heterocycles. The Hall–Kier alpha value is -0.470. The summed E-state index contributed by atoms with van der Waals surface area (Å²) < 4.78 is 0. The van der Waals surface area contributed by atoms with E-state index in [-0.39, 0.29) is 0 Å². The Morgan fingerprint density at radius 1 is 1.53 bits per heavy atom. The molecule has 1 atom stereocenters. The molecule has 94 valence electrons. The first-order valence-electron chi connectivity index (χ1n) is 6.20. The molecule has 2 rings (SSSR count). The highest BCUT2D eigenvalue weighted by molar-refractivity contribution is 6.32. The second-order valence-electron chi connectivity index (χ2n) is 4.66. The summed E-state index contributed by atoms with van der Waals surface area (Å²) in [6.07, 6.45) is 5.56. The van der Waals surface area contributed by atoms with Crippen molar-refractivity contribution >= 4 is 29.0 Å². The van der Waals surface area contributed by atoms with Gasteiger partial charge in [0.1, 0.15) is 5.82 Å². The molecule has 17 heavy (non-hydrogen) atoms. The molecule has 1 aliphatic rings. The lowest BCUT2D eigenvalue weighted by molar-refractivity contribution is 0.529. The Balaban J connectivity index is 2.08. The topological polar surface area (TPSA) is 16.1 Å². The van der Waals surface area contributed by atoms with Gasteiger partial charge < -0.3 is 4.90 Å². The van der Waals surface area contributed by atoms with Crippen LogP contribution in [-0.4, -0.2) is 18.1 Å². The number of alkyl halides is 1.